The summed E-state index contributed by atoms with van der Waals surface area (Å²) in [6, 6.07) is 0. The third-order valence-electron chi connectivity index (χ3n) is 3.59. The van der Waals surface area contributed by atoms with E-state index in [0.29, 0.717) is 0 Å². The van der Waals surface area contributed by atoms with Crippen molar-refractivity contribution in [1.29, 1.82) is 5.41 Å². The van der Waals surface area contributed by atoms with Gasteiger partial charge in [0, 0.05) is 11.6 Å². The van der Waals surface area contributed by atoms with Gasteiger partial charge in [0.15, 0.2) is 0 Å². The molecule has 0 atom stereocenters. The minimum Gasteiger partial charge on any atom is -0.405 e. The summed E-state index contributed by atoms with van der Waals surface area (Å²) in [6.45, 7) is 2.25. The van der Waals surface area contributed by atoms with Gasteiger partial charge in [-0.15, -0.1) is 0 Å². The van der Waals surface area contributed by atoms with Gasteiger partial charge in [0.1, 0.15) is 0 Å². The summed E-state index contributed by atoms with van der Waals surface area (Å²) in [4.78, 5) is 10.9. The van der Waals surface area contributed by atoms with E-state index < -0.39 is 0 Å². The zero-order chi connectivity index (χ0) is 13.9. The van der Waals surface area contributed by atoms with E-state index in [0.717, 1.165) is 18.4 Å². The van der Waals surface area contributed by atoms with Crippen molar-refractivity contribution < 1.29 is 9.53 Å². The third-order valence-corrected chi connectivity index (χ3v) is 3.59. The maximum atomic E-state index is 10.9. The van der Waals surface area contributed by atoms with E-state index >= 15 is 0 Å². The first-order valence-corrected chi connectivity index (χ1v) is 7.75. The Hall–Kier alpha value is -1.12. The normalized spacial score (nSPS) is 14.7. The number of esters is 1. The maximum Gasteiger partial charge on any atom is 0.337 e. The largest absolute Gasteiger partial charge is 0.405 e. The molecular formula is C16H27NO2. The van der Waals surface area contributed by atoms with Crippen LogP contribution in [0.5, 0.6) is 0 Å². The van der Waals surface area contributed by atoms with Gasteiger partial charge in [0.2, 0.25) is 5.90 Å². The number of carbonyl (C=O) groups excluding carboxylic acids is 1. The fraction of sp³-hybridized carbons (Fsp3) is 0.750. The molecule has 0 saturated carbocycles. The molecule has 0 aliphatic carbocycles. The second kappa shape index (κ2) is 9.76. The average molecular weight is 265 g/mol. The van der Waals surface area contributed by atoms with Gasteiger partial charge in [-0.25, -0.2) is 4.79 Å². The summed E-state index contributed by atoms with van der Waals surface area (Å²) in [5.74, 6) is -0.326. The number of rotatable bonds is 11. The second-order valence-corrected chi connectivity index (χ2v) is 5.35. The second-order valence-electron chi connectivity index (χ2n) is 5.35. The van der Waals surface area contributed by atoms with Gasteiger partial charge in [-0.1, -0.05) is 64.7 Å². The topological polar surface area (TPSA) is 50.2 Å². The molecule has 0 aromatic heterocycles. The minimum absolute atomic E-state index is 0.0564. The Bertz CT molecular complexity index is 321. The lowest BCUT2D eigenvalue weighted by atomic mass is 10.0. The van der Waals surface area contributed by atoms with Crippen molar-refractivity contribution in [2.24, 2.45) is 0 Å². The summed E-state index contributed by atoms with van der Waals surface area (Å²) < 4.78 is 4.67. The van der Waals surface area contributed by atoms with Crippen LogP contribution >= 0.6 is 0 Å². The number of hydrogen-bond donors (Lipinski definition) is 1. The number of hydrogen-bond acceptors (Lipinski definition) is 3. The average Bonchev–Trinajstić information content (AvgIpc) is 2.70. The minimum atomic E-state index is -0.382. The Morgan fingerprint density at radius 1 is 0.947 bits per heavy atom. The van der Waals surface area contributed by atoms with Crippen LogP contribution in [0.15, 0.2) is 11.6 Å². The molecule has 0 amide bonds. The first-order valence-electron chi connectivity index (χ1n) is 7.75. The summed E-state index contributed by atoms with van der Waals surface area (Å²) in [7, 11) is 0. The van der Waals surface area contributed by atoms with E-state index in [2.05, 4.69) is 11.7 Å². The molecule has 0 aromatic carbocycles. The lowest BCUT2D eigenvalue weighted by molar-refractivity contribution is -0.129. The summed E-state index contributed by atoms with van der Waals surface area (Å²) in [5.41, 5.74) is 0.768. The highest BCUT2D eigenvalue weighted by atomic mass is 16.5. The molecule has 19 heavy (non-hydrogen) atoms. The fourth-order valence-electron chi connectivity index (χ4n) is 2.39. The quantitative estimate of drug-likeness (QED) is 0.432. The number of nitrogens with one attached hydrogen (secondary N) is 1. The van der Waals surface area contributed by atoms with Gasteiger partial charge in [0.25, 0.3) is 0 Å². The van der Waals surface area contributed by atoms with Crippen LogP contribution in [0.2, 0.25) is 0 Å². The van der Waals surface area contributed by atoms with Crippen molar-refractivity contribution >= 4 is 11.9 Å². The lowest BCUT2D eigenvalue weighted by Gasteiger charge is -2.03. The molecule has 3 nitrogen and oxygen atoms in total. The number of ether oxygens (including phenoxy) is 1. The van der Waals surface area contributed by atoms with Crippen molar-refractivity contribution in [3.8, 4) is 0 Å². The van der Waals surface area contributed by atoms with Crippen LogP contribution in [0.1, 0.15) is 77.6 Å². The van der Waals surface area contributed by atoms with Gasteiger partial charge in [0.05, 0.1) is 0 Å². The Labute approximate surface area is 116 Å². The first-order chi connectivity index (χ1) is 9.24. The zero-order valence-electron chi connectivity index (χ0n) is 12.2. The fourth-order valence-corrected chi connectivity index (χ4v) is 2.39. The highest BCUT2D eigenvalue weighted by molar-refractivity contribution is 6.10. The lowest BCUT2D eigenvalue weighted by Crippen LogP contribution is -2.00. The molecule has 0 spiro atoms. The zero-order valence-corrected chi connectivity index (χ0v) is 12.2. The highest BCUT2D eigenvalue weighted by Crippen LogP contribution is 2.17. The Morgan fingerprint density at radius 2 is 1.47 bits per heavy atom. The van der Waals surface area contributed by atoms with Crippen molar-refractivity contribution in [3.63, 3.8) is 0 Å². The Kier molecular flexibility index (Phi) is 8.19. The Morgan fingerprint density at radius 3 is 1.95 bits per heavy atom. The van der Waals surface area contributed by atoms with Crippen LogP contribution in [-0.2, 0) is 9.53 Å². The van der Waals surface area contributed by atoms with Crippen LogP contribution in [0.4, 0.5) is 0 Å². The molecule has 0 aromatic rings. The van der Waals surface area contributed by atoms with Crippen LogP contribution < -0.4 is 0 Å². The summed E-state index contributed by atoms with van der Waals surface area (Å²) >= 11 is 0. The molecule has 0 saturated heterocycles. The van der Waals surface area contributed by atoms with Crippen LogP contribution in [0, 0.1) is 5.41 Å². The van der Waals surface area contributed by atoms with Crippen LogP contribution in [0.3, 0.4) is 0 Å². The molecular weight excluding hydrogens is 238 g/mol. The molecule has 1 rings (SSSR count). The predicted octanol–water partition coefficient (Wildman–Crippen LogP) is 4.76. The maximum absolute atomic E-state index is 10.9. The molecule has 0 fully saturated rings. The van der Waals surface area contributed by atoms with Crippen molar-refractivity contribution in [2.45, 2.75) is 77.6 Å². The third kappa shape index (κ3) is 7.14. The molecule has 0 bridgehead atoms. The van der Waals surface area contributed by atoms with Gasteiger partial charge in [-0.2, -0.15) is 0 Å². The molecule has 0 radical (unpaired) electrons. The molecule has 1 N–H and O–H groups in total. The van der Waals surface area contributed by atoms with Crippen LogP contribution in [-0.4, -0.2) is 11.9 Å². The monoisotopic (exact) mass is 265 g/mol. The van der Waals surface area contributed by atoms with Crippen molar-refractivity contribution in [1.82, 2.24) is 0 Å². The van der Waals surface area contributed by atoms with Gasteiger partial charge < -0.3 is 4.74 Å². The molecule has 3 heteroatoms. The number of cyclic esters (lactones) is 1. The van der Waals surface area contributed by atoms with E-state index in [4.69, 9.17) is 5.41 Å². The number of carbonyl (C=O) groups is 1. The molecule has 1 aliphatic rings. The van der Waals surface area contributed by atoms with Gasteiger partial charge in [-0.05, 0) is 12.8 Å². The smallest absolute Gasteiger partial charge is 0.337 e. The van der Waals surface area contributed by atoms with E-state index in [1.165, 1.54) is 63.9 Å². The highest BCUT2D eigenvalue weighted by Gasteiger charge is 2.18. The van der Waals surface area contributed by atoms with Crippen molar-refractivity contribution in [3.05, 3.63) is 11.6 Å². The van der Waals surface area contributed by atoms with E-state index in [1.807, 2.05) is 0 Å². The number of unbranched alkanes of at least 4 members (excludes halogenated alkanes) is 9. The summed E-state index contributed by atoms with van der Waals surface area (Å²) in [6.07, 6.45) is 15.3. The van der Waals surface area contributed by atoms with Crippen LogP contribution in [0.25, 0.3) is 0 Å². The molecule has 1 heterocycles. The standard InChI is InChI=1S/C16H27NO2/c1-2-3-4-5-6-7-8-9-10-11-12-14-13-15(18)19-16(14)17/h13,17H,2-12H2,1H3. The molecule has 1 aliphatic heterocycles. The summed E-state index contributed by atoms with van der Waals surface area (Å²) in [5, 5.41) is 7.45. The van der Waals surface area contributed by atoms with E-state index in [1.54, 1.807) is 0 Å². The first kappa shape index (κ1) is 15.9. The molecule has 108 valence electrons. The van der Waals surface area contributed by atoms with Gasteiger partial charge in [-0.3, -0.25) is 5.41 Å². The van der Waals surface area contributed by atoms with Crippen molar-refractivity contribution in [2.75, 3.05) is 0 Å². The van der Waals surface area contributed by atoms with E-state index in [9.17, 15) is 4.79 Å². The molecule has 0 unspecified atom stereocenters. The predicted molar refractivity (Wildman–Crippen MR) is 78.4 cm³/mol. The van der Waals surface area contributed by atoms with Gasteiger partial charge >= 0.3 is 5.97 Å². The Balaban J connectivity index is 1.88. The van der Waals surface area contributed by atoms with E-state index in [-0.39, 0.29) is 11.9 Å². The SMILES string of the molecule is CCCCCCCCCCCCC1=CC(=O)OC1=N.